The predicted molar refractivity (Wildman–Crippen MR) is 93.8 cm³/mol. The van der Waals surface area contributed by atoms with Gasteiger partial charge in [-0.1, -0.05) is 30.3 Å². The average Bonchev–Trinajstić information content (AvgIpc) is 2.52. The van der Waals surface area contributed by atoms with E-state index >= 15 is 0 Å². The highest BCUT2D eigenvalue weighted by molar-refractivity contribution is 14.1. The van der Waals surface area contributed by atoms with Crippen LogP contribution < -0.4 is 9.47 Å². The lowest BCUT2D eigenvalue weighted by molar-refractivity contribution is 0.102. The van der Waals surface area contributed by atoms with Crippen LogP contribution in [0.25, 0.3) is 0 Å². The van der Waals surface area contributed by atoms with Gasteiger partial charge in [0.15, 0.2) is 17.3 Å². The zero-order chi connectivity index (χ0) is 15.2. The number of ether oxygens (including phenoxy) is 2. The SMILES string of the molecule is COc1cc(SCC(=O)c2ccccc2)cc(I)c1OC. The molecule has 0 atom stereocenters. The second-order valence-electron chi connectivity index (χ2n) is 4.22. The third-order valence-electron chi connectivity index (χ3n) is 2.87. The number of methoxy groups -OCH3 is 2. The molecule has 0 aliphatic rings. The summed E-state index contributed by atoms with van der Waals surface area (Å²) in [6.07, 6.45) is 0. The molecule has 110 valence electrons. The summed E-state index contributed by atoms with van der Waals surface area (Å²) in [4.78, 5) is 13.1. The van der Waals surface area contributed by atoms with Crippen molar-refractivity contribution in [2.45, 2.75) is 4.90 Å². The first-order chi connectivity index (χ1) is 10.2. The summed E-state index contributed by atoms with van der Waals surface area (Å²) in [6, 6.07) is 13.2. The van der Waals surface area contributed by atoms with Crippen molar-refractivity contribution in [3.05, 3.63) is 51.6 Å². The molecule has 0 aromatic heterocycles. The number of Topliss-reactive ketones (excluding diaryl/α,β-unsaturated/α-hetero) is 1. The summed E-state index contributed by atoms with van der Waals surface area (Å²) in [5, 5.41) is 0. The number of carbonyl (C=O) groups is 1. The molecule has 21 heavy (non-hydrogen) atoms. The molecule has 0 amide bonds. The topological polar surface area (TPSA) is 35.5 Å². The third kappa shape index (κ3) is 4.14. The monoisotopic (exact) mass is 414 g/mol. The van der Waals surface area contributed by atoms with Crippen LogP contribution >= 0.6 is 34.4 Å². The molecule has 0 spiro atoms. The maximum Gasteiger partial charge on any atom is 0.174 e. The molecule has 5 heteroatoms. The fourth-order valence-electron chi connectivity index (χ4n) is 1.83. The summed E-state index contributed by atoms with van der Waals surface area (Å²) in [5.41, 5.74) is 0.736. The normalized spacial score (nSPS) is 10.2. The Bertz CT molecular complexity index is 629. The van der Waals surface area contributed by atoms with E-state index in [0.29, 0.717) is 11.5 Å². The molecule has 0 saturated carbocycles. The molecule has 0 unspecified atom stereocenters. The Balaban J connectivity index is 2.10. The van der Waals surface area contributed by atoms with Gasteiger partial charge < -0.3 is 9.47 Å². The Kier molecular flexibility index (Phi) is 5.93. The van der Waals surface area contributed by atoms with Crippen molar-refractivity contribution in [1.29, 1.82) is 0 Å². The first-order valence-corrected chi connectivity index (χ1v) is 8.34. The lowest BCUT2D eigenvalue weighted by atomic mass is 10.2. The van der Waals surface area contributed by atoms with Crippen LogP contribution in [-0.2, 0) is 0 Å². The zero-order valence-electron chi connectivity index (χ0n) is 11.8. The Morgan fingerprint density at radius 3 is 2.48 bits per heavy atom. The maximum absolute atomic E-state index is 12.1. The molecule has 2 aromatic carbocycles. The van der Waals surface area contributed by atoms with Gasteiger partial charge in [0, 0.05) is 10.5 Å². The molecule has 0 aliphatic heterocycles. The van der Waals surface area contributed by atoms with E-state index in [9.17, 15) is 4.79 Å². The maximum atomic E-state index is 12.1. The van der Waals surface area contributed by atoms with E-state index in [1.54, 1.807) is 14.2 Å². The smallest absolute Gasteiger partial charge is 0.174 e. The second kappa shape index (κ2) is 7.70. The van der Waals surface area contributed by atoms with Crippen molar-refractivity contribution in [2.24, 2.45) is 0 Å². The largest absolute Gasteiger partial charge is 0.493 e. The van der Waals surface area contributed by atoms with Crippen LogP contribution in [0.15, 0.2) is 47.4 Å². The highest BCUT2D eigenvalue weighted by Gasteiger charge is 2.12. The number of thioether (sulfide) groups is 1. The molecule has 2 rings (SSSR count). The zero-order valence-corrected chi connectivity index (χ0v) is 14.7. The highest BCUT2D eigenvalue weighted by atomic mass is 127. The van der Waals surface area contributed by atoms with Gasteiger partial charge in [-0.3, -0.25) is 4.79 Å². The molecule has 0 aliphatic carbocycles. The van der Waals surface area contributed by atoms with Crippen LogP contribution in [0.5, 0.6) is 11.5 Å². The van der Waals surface area contributed by atoms with Crippen LogP contribution in [0.1, 0.15) is 10.4 Å². The lowest BCUT2D eigenvalue weighted by Gasteiger charge is -2.11. The van der Waals surface area contributed by atoms with Gasteiger partial charge in [-0.15, -0.1) is 11.8 Å². The fourth-order valence-corrected chi connectivity index (χ4v) is 3.72. The Morgan fingerprint density at radius 1 is 1.14 bits per heavy atom. The molecular weight excluding hydrogens is 399 g/mol. The average molecular weight is 414 g/mol. The summed E-state index contributed by atoms with van der Waals surface area (Å²) in [6.45, 7) is 0. The van der Waals surface area contributed by atoms with Gasteiger partial charge in [0.05, 0.1) is 23.5 Å². The molecule has 3 nitrogen and oxygen atoms in total. The Hall–Kier alpha value is -1.21. The molecule has 0 heterocycles. The molecule has 0 bridgehead atoms. The molecule has 0 saturated heterocycles. The number of rotatable bonds is 6. The predicted octanol–water partition coefficient (Wildman–Crippen LogP) is 4.28. The summed E-state index contributed by atoms with van der Waals surface area (Å²) >= 11 is 3.70. The van der Waals surface area contributed by atoms with Crippen molar-refractivity contribution in [1.82, 2.24) is 0 Å². The summed E-state index contributed by atoms with van der Waals surface area (Å²) in [7, 11) is 3.23. The minimum absolute atomic E-state index is 0.116. The number of ketones is 1. The number of hydrogen-bond donors (Lipinski definition) is 0. The fraction of sp³-hybridized carbons (Fsp3) is 0.188. The third-order valence-corrected chi connectivity index (χ3v) is 4.65. The summed E-state index contributed by atoms with van der Waals surface area (Å²) in [5.74, 6) is 1.91. The molecular formula is C16H15IO3S. The van der Waals surface area contributed by atoms with Crippen LogP contribution in [0.3, 0.4) is 0 Å². The van der Waals surface area contributed by atoms with E-state index in [1.165, 1.54) is 11.8 Å². The highest BCUT2D eigenvalue weighted by Crippen LogP contribution is 2.36. The second-order valence-corrected chi connectivity index (χ2v) is 6.43. The van der Waals surface area contributed by atoms with E-state index in [-0.39, 0.29) is 5.78 Å². The van der Waals surface area contributed by atoms with E-state index < -0.39 is 0 Å². The van der Waals surface area contributed by atoms with Gasteiger partial charge in [-0.05, 0) is 34.7 Å². The van der Waals surface area contributed by atoms with Crippen molar-refractivity contribution in [3.63, 3.8) is 0 Å². The van der Waals surface area contributed by atoms with E-state index in [0.717, 1.165) is 19.8 Å². The Morgan fingerprint density at radius 2 is 1.86 bits per heavy atom. The number of hydrogen-bond acceptors (Lipinski definition) is 4. The van der Waals surface area contributed by atoms with Gasteiger partial charge in [0.2, 0.25) is 0 Å². The van der Waals surface area contributed by atoms with Crippen LogP contribution in [0.4, 0.5) is 0 Å². The first kappa shape index (κ1) is 16.2. The van der Waals surface area contributed by atoms with E-state index in [4.69, 9.17) is 9.47 Å². The van der Waals surface area contributed by atoms with Crippen molar-refractivity contribution >= 4 is 40.1 Å². The van der Waals surface area contributed by atoms with Crippen LogP contribution in [-0.4, -0.2) is 25.8 Å². The van der Waals surface area contributed by atoms with Gasteiger partial charge in [0.1, 0.15) is 0 Å². The molecule has 0 N–H and O–H groups in total. The molecule has 2 aromatic rings. The van der Waals surface area contributed by atoms with Crippen molar-refractivity contribution in [3.8, 4) is 11.5 Å². The number of benzene rings is 2. The van der Waals surface area contributed by atoms with E-state index in [2.05, 4.69) is 22.6 Å². The van der Waals surface area contributed by atoms with Crippen LogP contribution in [0, 0.1) is 3.57 Å². The quantitative estimate of drug-likeness (QED) is 0.402. The van der Waals surface area contributed by atoms with Gasteiger partial charge in [0.25, 0.3) is 0 Å². The Labute approximate surface area is 142 Å². The van der Waals surface area contributed by atoms with Gasteiger partial charge in [-0.2, -0.15) is 0 Å². The van der Waals surface area contributed by atoms with Crippen LogP contribution in [0.2, 0.25) is 0 Å². The lowest BCUT2D eigenvalue weighted by Crippen LogP contribution is -2.02. The molecule has 0 fully saturated rings. The van der Waals surface area contributed by atoms with E-state index in [1.807, 2.05) is 42.5 Å². The summed E-state index contributed by atoms with van der Waals surface area (Å²) < 4.78 is 11.6. The van der Waals surface area contributed by atoms with Gasteiger partial charge in [-0.25, -0.2) is 0 Å². The van der Waals surface area contributed by atoms with Crippen molar-refractivity contribution < 1.29 is 14.3 Å². The first-order valence-electron chi connectivity index (χ1n) is 6.28. The minimum atomic E-state index is 0.116. The standard InChI is InChI=1S/C16H15IO3S/c1-19-15-9-12(8-13(17)16(15)20-2)21-10-14(18)11-6-4-3-5-7-11/h3-9H,10H2,1-2H3. The number of carbonyl (C=O) groups excluding carboxylic acids is 1. The van der Waals surface area contributed by atoms with Crippen molar-refractivity contribution in [2.75, 3.05) is 20.0 Å². The number of halogens is 1. The van der Waals surface area contributed by atoms with Gasteiger partial charge >= 0.3 is 0 Å². The molecule has 0 radical (unpaired) electrons. The minimum Gasteiger partial charge on any atom is -0.493 e.